The van der Waals surface area contributed by atoms with E-state index in [0.717, 1.165) is 60.0 Å². The molecule has 1 aliphatic carbocycles. The molecule has 7 rings (SSSR count). The van der Waals surface area contributed by atoms with Crippen LogP contribution in [0.15, 0.2) is 67.0 Å². The molecule has 270 valence electrons. The average Bonchev–Trinajstić information content (AvgIpc) is 3.75. The van der Waals surface area contributed by atoms with Crippen molar-refractivity contribution in [1.29, 1.82) is 5.26 Å². The van der Waals surface area contributed by atoms with Crippen molar-refractivity contribution in [2.24, 2.45) is 0 Å². The lowest BCUT2D eigenvalue weighted by Gasteiger charge is -2.34. The smallest absolute Gasteiger partial charge is 0.220 e. The number of carbonyl (C=O) groups is 1. The van der Waals surface area contributed by atoms with E-state index >= 15 is 0 Å². The maximum atomic E-state index is 13.1. The quantitative estimate of drug-likeness (QED) is 0.122. The third-order valence-corrected chi connectivity index (χ3v) is 10.4. The van der Waals surface area contributed by atoms with Crippen molar-refractivity contribution in [2.75, 3.05) is 32.8 Å². The van der Waals surface area contributed by atoms with Crippen LogP contribution in [0.25, 0.3) is 11.1 Å². The van der Waals surface area contributed by atoms with E-state index in [1.807, 2.05) is 36.4 Å². The van der Waals surface area contributed by atoms with Crippen LogP contribution in [0.1, 0.15) is 59.6 Å². The van der Waals surface area contributed by atoms with Gasteiger partial charge in [0.15, 0.2) is 0 Å². The molecule has 2 aliphatic heterocycles. The third-order valence-electron chi connectivity index (χ3n) is 9.75. The zero-order valence-corrected chi connectivity index (χ0v) is 30.2. The van der Waals surface area contributed by atoms with Crippen LogP contribution in [-0.4, -0.2) is 60.8 Å². The van der Waals surface area contributed by atoms with Gasteiger partial charge in [-0.25, -0.2) is 4.39 Å². The summed E-state index contributed by atoms with van der Waals surface area (Å²) in [5.41, 5.74) is 6.24. The van der Waals surface area contributed by atoms with Crippen molar-refractivity contribution < 1.29 is 23.4 Å². The number of likely N-dealkylation sites (tertiary alicyclic amines) is 1. The molecule has 2 fully saturated rings. The monoisotopic (exact) mass is 743 g/mol. The number of carbonyl (C=O) groups excluding carboxylic acids is 1. The summed E-state index contributed by atoms with van der Waals surface area (Å²) in [6, 6.07) is 19.7. The number of nitriles is 1. The minimum absolute atomic E-state index is 0.0725. The van der Waals surface area contributed by atoms with Gasteiger partial charge in [-0.1, -0.05) is 53.5 Å². The van der Waals surface area contributed by atoms with E-state index in [2.05, 4.69) is 38.7 Å². The summed E-state index contributed by atoms with van der Waals surface area (Å²) >= 11 is 13.8. The summed E-state index contributed by atoms with van der Waals surface area (Å²) in [5.74, 6) is 1.80. The van der Waals surface area contributed by atoms with Crippen LogP contribution < -0.4 is 24.8 Å². The fraction of sp³-hybridized carbons (Fsp3) is 0.375. The molecule has 52 heavy (non-hydrogen) atoms. The molecule has 3 heterocycles. The highest BCUT2D eigenvalue weighted by Crippen LogP contribution is 2.45. The van der Waals surface area contributed by atoms with Gasteiger partial charge in [-0.3, -0.25) is 14.7 Å². The Morgan fingerprint density at radius 3 is 2.65 bits per heavy atom. The molecule has 0 unspecified atom stereocenters. The molecule has 1 aromatic heterocycles. The Morgan fingerprint density at radius 2 is 1.85 bits per heavy atom. The number of amides is 1. The Bertz CT molecular complexity index is 1970. The lowest BCUT2D eigenvalue weighted by molar-refractivity contribution is -0.119. The average molecular weight is 745 g/mol. The van der Waals surface area contributed by atoms with E-state index < -0.39 is 6.17 Å². The van der Waals surface area contributed by atoms with Gasteiger partial charge < -0.3 is 24.8 Å². The van der Waals surface area contributed by atoms with Gasteiger partial charge in [0.25, 0.3) is 0 Å². The van der Waals surface area contributed by atoms with E-state index in [1.165, 1.54) is 11.8 Å². The molecule has 2 N–H and O–H groups in total. The zero-order chi connectivity index (χ0) is 36.0. The van der Waals surface area contributed by atoms with Gasteiger partial charge in [-0.2, -0.15) is 5.26 Å². The van der Waals surface area contributed by atoms with Crippen molar-refractivity contribution in [3.63, 3.8) is 0 Å². The second-order valence-electron chi connectivity index (χ2n) is 13.5. The highest BCUT2D eigenvalue weighted by Gasteiger charge is 2.29. The van der Waals surface area contributed by atoms with Gasteiger partial charge in [0, 0.05) is 80.3 Å². The summed E-state index contributed by atoms with van der Waals surface area (Å²) < 4.78 is 32.2. The first-order valence-electron chi connectivity index (χ1n) is 17.7. The standard InChI is InChI=1S/C40H40Cl2FN5O4/c41-34-15-27(20-46-21-29-8-11-39(49)47-29)37(51-24-26-14-25(17-44)18-45-19-26)16-38(34)52-35-10-9-31-30(4-1-5-32(31)35)33-6-2-7-36(40(33)42)50-13-3-12-48-22-28(43)23-48/h1-2,4-7,14-16,18-19,28-29,35,46H,3,8-13,20-24H2,(H,47,49)/t29-,35-/m0/s1. The first-order valence-corrected chi connectivity index (χ1v) is 18.5. The number of hydrogen-bond donors (Lipinski definition) is 2. The Balaban J connectivity index is 1.07. The number of halogens is 3. The van der Waals surface area contributed by atoms with E-state index in [0.29, 0.717) is 72.1 Å². The van der Waals surface area contributed by atoms with Crippen molar-refractivity contribution in [3.8, 4) is 34.4 Å². The number of nitrogens with one attached hydrogen (secondary N) is 2. The first kappa shape index (κ1) is 36.0. The SMILES string of the molecule is N#Cc1cncc(COc2cc(O[C@H]3CCc4c(-c5cccc(OCCCN6CC(F)C6)c5Cl)cccc43)c(Cl)cc2CNC[C@@H]2CCC(=O)N2)c1. The topological polar surface area (TPSA) is 109 Å². The number of nitrogens with zero attached hydrogens (tertiary/aromatic N) is 3. The molecule has 3 aromatic carbocycles. The lowest BCUT2D eigenvalue weighted by atomic mass is 9.96. The fourth-order valence-electron chi connectivity index (χ4n) is 7.07. The van der Waals surface area contributed by atoms with E-state index in [9.17, 15) is 14.4 Å². The molecule has 0 spiro atoms. The summed E-state index contributed by atoms with van der Waals surface area (Å²) in [7, 11) is 0. The van der Waals surface area contributed by atoms with Crippen LogP contribution >= 0.6 is 23.2 Å². The first-order chi connectivity index (χ1) is 25.3. The summed E-state index contributed by atoms with van der Waals surface area (Å²) in [6.07, 6.45) is 5.93. The normalized spacial score (nSPS) is 18.4. The second kappa shape index (κ2) is 16.5. The van der Waals surface area contributed by atoms with Crippen molar-refractivity contribution in [2.45, 2.75) is 63.6 Å². The Kier molecular flexibility index (Phi) is 11.4. The molecule has 2 saturated heterocycles. The summed E-state index contributed by atoms with van der Waals surface area (Å²) in [4.78, 5) is 17.9. The molecule has 0 bridgehead atoms. The molecule has 2 atom stereocenters. The molecule has 0 radical (unpaired) electrons. The Morgan fingerprint density at radius 1 is 1.00 bits per heavy atom. The summed E-state index contributed by atoms with van der Waals surface area (Å²) in [5, 5.41) is 16.8. The van der Waals surface area contributed by atoms with Crippen molar-refractivity contribution >= 4 is 29.1 Å². The third kappa shape index (κ3) is 8.45. The van der Waals surface area contributed by atoms with Crippen LogP contribution in [-0.2, 0) is 24.4 Å². The van der Waals surface area contributed by atoms with Crippen molar-refractivity contribution in [1.82, 2.24) is 20.5 Å². The summed E-state index contributed by atoms with van der Waals surface area (Å²) in [6.45, 7) is 3.60. The van der Waals surface area contributed by atoms with Gasteiger partial charge in [0.05, 0.1) is 22.2 Å². The number of fused-ring (bicyclic) bond motifs is 1. The van der Waals surface area contributed by atoms with E-state index in [-0.39, 0.29) is 24.7 Å². The number of alkyl halides is 1. The minimum Gasteiger partial charge on any atom is -0.492 e. The molecular formula is C40H40Cl2FN5O4. The Hall–Kier alpha value is -4.40. The van der Waals surface area contributed by atoms with Crippen LogP contribution in [0.5, 0.6) is 17.2 Å². The molecule has 9 nitrogen and oxygen atoms in total. The predicted octanol–water partition coefficient (Wildman–Crippen LogP) is 7.36. The number of pyridine rings is 1. The van der Waals surface area contributed by atoms with Crippen LogP contribution in [0.3, 0.4) is 0 Å². The lowest BCUT2D eigenvalue weighted by Crippen LogP contribution is -2.48. The van der Waals surface area contributed by atoms with Crippen LogP contribution in [0, 0.1) is 11.3 Å². The van der Waals surface area contributed by atoms with E-state index in [1.54, 1.807) is 12.3 Å². The van der Waals surface area contributed by atoms with E-state index in [4.69, 9.17) is 37.4 Å². The fourth-order valence-corrected chi connectivity index (χ4v) is 7.59. The van der Waals surface area contributed by atoms with Gasteiger partial charge in [0.1, 0.15) is 42.2 Å². The maximum absolute atomic E-state index is 13.1. The molecule has 0 saturated carbocycles. The highest BCUT2D eigenvalue weighted by molar-refractivity contribution is 6.35. The number of benzene rings is 3. The van der Waals surface area contributed by atoms with Gasteiger partial charge >= 0.3 is 0 Å². The molecule has 12 heteroatoms. The highest BCUT2D eigenvalue weighted by atomic mass is 35.5. The zero-order valence-electron chi connectivity index (χ0n) is 28.7. The minimum atomic E-state index is -0.705. The van der Waals surface area contributed by atoms with Crippen molar-refractivity contribution in [3.05, 3.63) is 105 Å². The molecule has 3 aliphatic rings. The Labute approximate surface area is 313 Å². The number of rotatable bonds is 15. The largest absolute Gasteiger partial charge is 0.492 e. The molecule has 1 amide bonds. The number of aromatic nitrogens is 1. The second-order valence-corrected chi connectivity index (χ2v) is 14.3. The maximum Gasteiger partial charge on any atom is 0.220 e. The van der Waals surface area contributed by atoms with Crippen LogP contribution in [0.4, 0.5) is 4.39 Å². The van der Waals surface area contributed by atoms with Crippen LogP contribution in [0.2, 0.25) is 10.0 Å². The van der Waals surface area contributed by atoms with Gasteiger partial charge in [-0.05, 0) is 60.6 Å². The molecular weight excluding hydrogens is 704 g/mol. The molecule has 4 aromatic rings. The van der Waals surface area contributed by atoms with Gasteiger partial charge in [-0.15, -0.1) is 0 Å². The predicted molar refractivity (Wildman–Crippen MR) is 198 cm³/mol. The number of hydrogen-bond acceptors (Lipinski definition) is 8. The number of ether oxygens (including phenoxy) is 3. The van der Waals surface area contributed by atoms with Gasteiger partial charge in [0.2, 0.25) is 5.91 Å².